The van der Waals surface area contributed by atoms with Gasteiger partial charge in [-0.05, 0) is 79.4 Å². The van der Waals surface area contributed by atoms with Crippen LogP contribution in [0.15, 0.2) is 65.6 Å². The predicted octanol–water partition coefficient (Wildman–Crippen LogP) is 5.90. The van der Waals surface area contributed by atoms with Crippen molar-refractivity contribution in [3.63, 3.8) is 0 Å². The summed E-state index contributed by atoms with van der Waals surface area (Å²) in [6.07, 6.45) is 2.52. The van der Waals surface area contributed by atoms with Crippen LogP contribution in [0.1, 0.15) is 44.2 Å². The largest absolute Gasteiger partial charge is 0.496 e. The molecule has 3 rings (SSSR count). The Bertz CT molecular complexity index is 1170. The van der Waals surface area contributed by atoms with Gasteiger partial charge in [-0.15, -0.1) is 0 Å². The van der Waals surface area contributed by atoms with E-state index in [-0.39, 0.29) is 17.0 Å². The lowest BCUT2D eigenvalue weighted by atomic mass is 9.82. The van der Waals surface area contributed by atoms with Crippen molar-refractivity contribution in [1.29, 1.82) is 0 Å². The average molecular weight is 470 g/mol. The number of rotatable bonds is 11. The number of aryl methyl sites for hydroxylation is 1. The molecule has 0 aliphatic carbocycles. The second-order valence-electron chi connectivity index (χ2n) is 8.43. The highest BCUT2D eigenvalue weighted by molar-refractivity contribution is 7.86. The third-order valence-corrected chi connectivity index (χ3v) is 8.13. The predicted molar refractivity (Wildman–Crippen MR) is 134 cm³/mol. The highest BCUT2D eigenvalue weighted by atomic mass is 32.2. The first-order chi connectivity index (χ1) is 15.8. The van der Waals surface area contributed by atoms with Crippen molar-refractivity contribution in [2.45, 2.75) is 50.5 Å². The molecule has 0 amide bonds. The molecule has 0 saturated heterocycles. The minimum absolute atomic E-state index is 0.139. The zero-order chi connectivity index (χ0) is 24.1. The maximum absolute atomic E-state index is 12.4. The van der Waals surface area contributed by atoms with Crippen LogP contribution in [0, 0.1) is 6.92 Å². The number of hydrogen-bond acceptors (Lipinski definition) is 5. The Morgan fingerprint density at radius 2 is 1.67 bits per heavy atom. The summed E-state index contributed by atoms with van der Waals surface area (Å²) in [5, 5.41) is 2.39. The first-order valence-corrected chi connectivity index (χ1v) is 12.9. The Balaban J connectivity index is 1.74. The Morgan fingerprint density at radius 1 is 0.970 bits per heavy atom. The van der Waals surface area contributed by atoms with E-state index < -0.39 is 10.1 Å². The first kappa shape index (κ1) is 25.2. The number of methoxy groups -OCH3 is 1. The van der Waals surface area contributed by atoms with E-state index in [1.807, 2.05) is 6.07 Å². The van der Waals surface area contributed by atoms with Crippen molar-refractivity contribution in [1.82, 2.24) is 4.90 Å². The minimum Gasteiger partial charge on any atom is -0.496 e. The Labute approximate surface area is 198 Å². The highest BCUT2D eigenvalue weighted by Gasteiger charge is 2.33. The zero-order valence-electron chi connectivity index (χ0n) is 20.3. The molecule has 0 saturated carbocycles. The topological polar surface area (TPSA) is 55.8 Å². The fourth-order valence-electron chi connectivity index (χ4n) is 4.73. The van der Waals surface area contributed by atoms with Crippen LogP contribution >= 0.6 is 0 Å². The van der Waals surface area contributed by atoms with E-state index in [1.54, 1.807) is 37.4 Å². The lowest BCUT2D eigenvalue weighted by Crippen LogP contribution is -2.43. The van der Waals surface area contributed by atoms with Gasteiger partial charge < -0.3 is 4.74 Å². The summed E-state index contributed by atoms with van der Waals surface area (Å²) in [6.45, 7) is 7.39. The SMILES string of the molecule is CCC(CC)(c1ccc2c(C)c(OC)ccc2c1)N(C)CCCOS(=O)(=O)c1ccccc1. The Hall–Kier alpha value is -2.41. The van der Waals surface area contributed by atoms with Crippen molar-refractivity contribution in [2.24, 2.45) is 0 Å². The third kappa shape index (κ3) is 5.24. The van der Waals surface area contributed by atoms with Crippen LogP contribution in [0.3, 0.4) is 0 Å². The first-order valence-electron chi connectivity index (χ1n) is 11.5. The number of ether oxygens (including phenoxy) is 1. The van der Waals surface area contributed by atoms with Gasteiger partial charge in [-0.3, -0.25) is 9.08 Å². The second kappa shape index (κ2) is 10.7. The van der Waals surface area contributed by atoms with E-state index in [2.05, 4.69) is 57.0 Å². The van der Waals surface area contributed by atoms with Crippen molar-refractivity contribution < 1.29 is 17.3 Å². The maximum Gasteiger partial charge on any atom is 0.296 e. The molecule has 0 aliphatic heterocycles. The fraction of sp³-hybridized carbons (Fsp3) is 0.407. The number of benzene rings is 3. The van der Waals surface area contributed by atoms with Gasteiger partial charge in [-0.1, -0.05) is 50.2 Å². The van der Waals surface area contributed by atoms with E-state index in [4.69, 9.17) is 8.92 Å². The van der Waals surface area contributed by atoms with Gasteiger partial charge in [0.15, 0.2) is 0 Å². The number of fused-ring (bicyclic) bond motifs is 1. The Kier molecular flexibility index (Phi) is 8.16. The molecule has 178 valence electrons. The lowest BCUT2D eigenvalue weighted by Gasteiger charge is -2.42. The van der Waals surface area contributed by atoms with E-state index in [9.17, 15) is 8.42 Å². The smallest absolute Gasteiger partial charge is 0.296 e. The summed E-state index contributed by atoms with van der Waals surface area (Å²) in [6, 6.07) is 19.1. The van der Waals surface area contributed by atoms with Crippen LogP contribution in [0.5, 0.6) is 5.75 Å². The van der Waals surface area contributed by atoms with Gasteiger partial charge >= 0.3 is 0 Å². The summed E-state index contributed by atoms with van der Waals surface area (Å²) in [7, 11) is 0.0932. The molecule has 0 spiro atoms. The lowest BCUT2D eigenvalue weighted by molar-refractivity contribution is 0.0992. The second-order valence-corrected chi connectivity index (χ2v) is 10.0. The van der Waals surface area contributed by atoms with E-state index in [0.29, 0.717) is 6.42 Å². The van der Waals surface area contributed by atoms with Crippen LogP contribution in [-0.4, -0.2) is 40.6 Å². The average Bonchev–Trinajstić information content (AvgIpc) is 2.84. The van der Waals surface area contributed by atoms with Crippen LogP contribution in [-0.2, 0) is 19.8 Å². The number of hydrogen-bond donors (Lipinski definition) is 0. The summed E-state index contributed by atoms with van der Waals surface area (Å²) in [5.74, 6) is 0.898. The molecular weight excluding hydrogens is 434 g/mol. The van der Waals surface area contributed by atoms with E-state index in [0.717, 1.165) is 30.7 Å². The van der Waals surface area contributed by atoms with Gasteiger partial charge in [0.05, 0.1) is 18.6 Å². The van der Waals surface area contributed by atoms with Crippen molar-refractivity contribution in [3.8, 4) is 5.75 Å². The van der Waals surface area contributed by atoms with E-state index in [1.165, 1.54) is 16.3 Å². The standard InChI is InChI=1S/C27H35NO4S/c1-6-27(7-2,23-15-16-25-21(3)26(31-5)17-14-22(25)20-23)28(4)18-11-19-32-33(29,30)24-12-9-8-10-13-24/h8-10,12-17,20H,6-7,11,18-19H2,1-5H3. The summed E-state index contributed by atoms with van der Waals surface area (Å²) < 4.78 is 35.5. The molecular formula is C27H35NO4S. The summed E-state index contributed by atoms with van der Waals surface area (Å²) in [4.78, 5) is 2.53. The maximum atomic E-state index is 12.4. The van der Waals surface area contributed by atoms with E-state index >= 15 is 0 Å². The Morgan fingerprint density at radius 3 is 2.30 bits per heavy atom. The molecule has 0 aliphatic rings. The quantitative estimate of drug-likeness (QED) is 0.258. The van der Waals surface area contributed by atoms with Gasteiger partial charge in [-0.25, -0.2) is 0 Å². The summed E-state index contributed by atoms with van der Waals surface area (Å²) in [5.41, 5.74) is 2.27. The van der Waals surface area contributed by atoms with Crippen LogP contribution in [0.2, 0.25) is 0 Å². The number of nitrogens with zero attached hydrogens (tertiary/aromatic N) is 1. The van der Waals surface area contributed by atoms with Crippen LogP contribution in [0.4, 0.5) is 0 Å². The normalized spacial score (nSPS) is 12.4. The molecule has 0 atom stereocenters. The van der Waals surface area contributed by atoms with Crippen molar-refractivity contribution >= 4 is 20.9 Å². The molecule has 5 nitrogen and oxygen atoms in total. The minimum atomic E-state index is -3.72. The fourth-order valence-corrected chi connectivity index (χ4v) is 5.70. The molecule has 0 radical (unpaired) electrons. The zero-order valence-corrected chi connectivity index (χ0v) is 21.1. The summed E-state index contributed by atoms with van der Waals surface area (Å²) >= 11 is 0. The van der Waals surface area contributed by atoms with Gasteiger partial charge in [0.1, 0.15) is 5.75 Å². The third-order valence-electron chi connectivity index (χ3n) is 6.81. The highest BCUT2D eigenvalue weighted by Crippen LogP contribution is 2.37. The molecule has 3 aromatic carbocycles. The monoisotopic (exact) mass is 469 g/mol. The van der Waals surface area contributed by atoms with Crippen molar-refractivity contribution in [3.05, 3.63) is 71.8 Å². The van der Waals surface area contributed by atoms with Crippen LogP contribution in [0.25, 0.3) is 10.8 Å². The van der Waals surface area contributed by atoms with Gasteiger partial charge in [-0.2, -0.15) is 8.42 Å². The molecule has 0 N–H and O–H groups in total. The molecule has 0 fully saturated rings. The molecule has 3 aromatic rings. The molecule has 6 heteroatoms. The van der Waals surface area contributed by atoms with Gasteiger partial charge in [0, 0.05) is 12.1 Å². The van der Waals surface area contributed by atoms with Gasteiger partial charge in [0.25, 0.3) is 10.1 Å². The van der Waals surface area contributed by atoms with Gasteiger partial charge in [0.2, 0.25) is 0 Å². The van der Waals surface area contributed by atoms with Crippen LogP contribution < -0.4 is 4.74 Å². The molecule has 0 aromatic heterocycles. The molecule has 0 bridgehead atoms. The van der Waals surface area contributed by atoms with Crippen molar-refractivity contribution in [2.75, 3.05) is 27.3 Å². The molecule has 0 unspecified atom stereocenters. The molecule has 33 heavy (non-hydrogen) atoms. The molecule has 0 heterocycles.